The molecule has 0 bridgehead atoms. The molecule has 1 heterocycles. The van der Waals surface area contributed by atoms with Gasteiger partial charge in [-0.05, 0) is 49.2 Å². The van der Waals surface area contributed by atoms with E-state index in [0.29, 0.717) is 6.04 Å². The third kappa shape index (κ3) is 3.74. The van der Waals surface area contributed by atoms with Crippen LogP contribution in [0.5, 0.6) is 0 Å². The van der Waals surface area contributed by atoms with Gasteiger partial charge in [-0.25, -0.2) is 0 Å². The van der Waals surface area contributed by atoms with E-state index in [1.165, 1.54) is 5.56 Å². The van der Waals surface area contributed by atoms with Crippen LogP contribution in [0.25, 0.3) is 12.2 Å². The van der Waals surface area contributed by atoms with Crippen molar-refractivity contribution in [1.29, 1.82) is 0 Å². The van der Waals surface area contributed by atoms with Crippen LogP contribution in [0.2, 0.25) is 0 Å². The van der Waals surface area contributed by atoms with Gasteiger partial charge in [0.05, 0.1) is 0 Å². The quantitative estimate of drug-likeness (QED) is 0.868. The van der Waals surface area contributed by atoms with Crippen molar-refractivity contribution < 1.29 is 0 Å². The summed E-state index contributed by atoms with van der Waals surface area (Å²) in [5.74, 6) is 0. The second-order valence-electron chi connectivity index (χ2n) is 4.53. The standard InChI is InChI=1S/C16H18N2/c1-13(2)18-16-7-5-14(6-8-16)3-4-15-9-11-17-12-10-15/h3-13,18H,1-2H3/b4-3+. The van der Waals surface area contributed by atoms with Gasteiger partial charge < -0.3 is 5.32 Å². The van der Waals surface area contributed by atoms with Crippen molar-refractivity contribution >= 4 is 17.8 Å². The normalized spacial score (nSPS) is 11.1. The molecule has 0 unspecified atom stereocenters. The predicted molar refractivity (Wildman–Crippen MR) is 78.4 cm³/mol. The molecule has 0 spiro atoms. The minimum absolute atomic E-state index is 0.461. The number of nitrogens with one attached hydrogen (secondary N) is 1. The van der Waals surface area contributed by atoms with Crippen LogP contribution in [0, 0.1) is 0 Å². The third-order valence-corrected chi connectivity index (χ3v) is 2.54. The highest BCUT2D eigenvalue weighted by atomic mass is 14.9. The molecular formula is C16H18N2. The first-order valence-electron chi connectivity index (χ1n) is 6.19. The number of hydrogen-bond donors (Lipinski definition) is 1. The topological polar surface area (TPSA) is 24.9 Å². The van der Waals surface area contributed by atoms with Crippen LogP contribution in [0.3, 0.4) is 0 Å². The van der Waals surface area contributed by atoms with Gasteiger partial charge in [0.2, 0.25) is 0 Å². The van der Waals surface area contributed by atoms with Crippen molar-refractivity contribution in [3.63, 3.8) is 0 Å². The maximum atomic E-state index is 4.00. The molecule has 18 heavy (non-hydrogen) atoms. The van der Waals surface area contributed by atoms with Gasteiger partial charge in [-0.2, -0.15) is 0 Å². The van der Waals surface area contributed by atoms with Gasteiger partial charge >= 0.3 is 0 Å². The number of pyridine rings is 1. The van der Waals surface area contributed by atoms with Crippen LogP contribution in [0.15, 0.2) is 48.8 Å². The Morgan fingerprint density at radius 1 is 0.889 bits per heavy atom. The summed E-state index contributed by atoms with van der Waals surface area (Å²) < 4.78 is 0. The minimum atomic E-state index is 0.461. The Morgan fingerprint density at radius 2 is 1.44 bits per heavy atom. The Labute approximate surface area is 108 Å². The molecule has 1 N–H and O–H groups in total. The average molecular weight is 238 g/mol. The van der Waals surface area contributed by atoms with Gasteiger partial charge in [-0.15, -0.1) is 0 Å². The molecule has 0 aliphatic carbocycles. The molecule has 92 valence electrons. The second kappa shape index (κ2) is 6.01. The third-order valence-electron chi connectivity index (χ3n) is 2.54. The summed E-state index contributed by atoms with van der Waals surface area (Å²) in [6.45, 7) is 4.27. The molecule has 0 aliphatic heterocycles. The Bertz CT molecular complexity index is 498. The Kier molecular flexibility index (Phi) is 4.13. The zero-order valence-electron chi connectivity index (χ0n) is 10.8. The molecule has 0 aliphatic rings. The van der Waals surface area contributed by atoms with Gasteiger partial charge in [0, 0.05) is 24.1 Å². The molecule has 1 aromatic carbocycles. The maximum Gasteiger partial charge on any atom is 0.0342 e. The molecule has 1 aromatic heterocycles. The molecule has 0 fully saturated rings. The zero-order chi connectivity index (χ0) is 12.8. The summed E-state index contributed by atoms with van der Waals surface area (Å²) >= 11 is 0. The van der Waals surface area contributed by atoms with Gasteiger partial charge in [-0.1, -0.05) is 24.3 Å². The van der Waals surface area contributed by atoms with E-state index in [-0.39, 0.29) is 0 Å². The summed E-state index contributed by atoms with van der Waals surface area (Å²) in [6.07, 6.45) is 7.80. The minimum Gasteiger partial charge on any atom is -0.383 e. The number of anilines is 1. The molecule has 0 amide bonds. The van der Waals surface area contributed by atoms with Gasteiger partial charge in [0.15, 0.2) is 0 Å². The van der Waals surface area contributed by atoms with Crippen molar-refractivity contribution in [2.75, 3.05) is 5.32 Å². The van der Waals surface area contributed by atoms with Crippen molar-refractivity contribution in [2.45, 2.75) is 19.9 Å². The summed E-state index contributed by atoms with van der Waals surface area (Å²) in [6, 6.07) is 12.9. The van der Waals surface area contributed by atoms with Crippen molar-refractivity contribution in [3.8, 4) is 0 Å². The summed E-state index contributed by atoms with van der Waals surface area (Å²) in [5, 5.41) is 3.37. The van der Waals surface area contributed by atoms with E-state index in [2.05, 4.69) is 60.6 Å². The van der Waals surface area contributed by atoms with E-state index in [9.17, 15) is 0 Å². The molecular weight excluding hydrogens is 220 g/mol. The average Bonchev–Trinajstić information content (AvgIpc) is 2.38. The first-order chi connectivity index (χ1) is 8.74. The highest BCUT2D eigenvalue weighted by molar-refractivity contribution is 5.70. The molecule has 2 aromatic rings. The SMILES string of the molecule is CC(C)Nc1ccc(/C=C/c2ccncc2)cc1. The van der Waals surface area contributed by atoms with Crippen molar-refractivity contribution in [1.82, 2.24) is 4.98 Å². The molecule has 0 saturated carbocycles. The second-order valence-corrected chi connectivity index (χ2v) is 4.53. The van der Waals surface area contributed by atoms with Crippen LogP contribution in [-0.2, 0) is 0 Å². The number of aromatic nitrogens is 1. The van der Waals surface area contributed by atoms with E-state index in [4.69, 9.17) is 0 Å². The molecule has 2 heteroatoms. The molecule has 0 atom stereocenters. The van der Waals surface area contributed by atoms with E-state index in [1.807, 2.05) is 12.1 Å². The number of rotatable bonds is 4. The Balaban J connectivity index is 2.04. The van der Waals surface area contributed by atoms with Gasteiger partial charge in [0.1, 0.15) is 0 Å². The van der Waals surface area contributed by atoms with Crippen LogP contribution >= 0.6 is 0 Å². The van der Waals surface area contributed by atoms with Crippen molar-refractivity contribution in [3.05, 3.63) is 59.9 Å². The first-order valence-corrected chi connectivity index (χ1v) is 6.19. The van der Waals surface area contributed by atoms with Crippen LogP contribution < -0.4 is 5.32 Å². The highest BCUT2D eigenvalue weighted by Gasteiger charge is 1.94. The van der Waals surface area contributed by atoms with Crippen molar-refractivity contribution in [2.24, 2.45) is 0 Å². The summed E-state index contributed by atoms with van der Waals surface area (Å²) in [5.41, 5.74) is 3.52. The van der Waals surface area contributed by atoms with E-state index >= 15 is 0 Å². The lowest BCUT2D eigenvalue weighted by Crippen LogP contribution is -2.09. The van der Waals surface area contributed by atoms with E-state index in [1.54, 1.807) is 12.4 Å². The Morgan fingerprint density at radius 3 is 2.00 bits per heavy atom. The summed E-state index contributed by atoms with van der Waals surface area (Å²) in [7, 11) is 0. The van der Waals surface area contributed by atoms with Crippen LogP contribution in [0.4, 0.5) is 5.69 Å². The summed E-state index contributed by atoms with van der Waals surface area (Å²) in [4.78, 5) is 4.00. The largest absolute Gasteiger partial charge is 0.383 e. The number of nitrogens with zero attached hydrogens (tertiary/aromatic N) is 1. The van der Waals surface area contributed by atoms with E-state index < -0.39 is 0 Å². The lowest BCUT2D eigenvalue weighted by atomic mass is 10.1. The predicted octanol–water partition coefficient (Wildman–Crippen LogP) is 4.07. The van der Waals surface area contributed by atoms with Crippen LogP contribution in [0.1, 0.15) is 25.0 Å². The Hall–Kier alpha value is -2.09. The van der Waals surface area contributed by atoms with Crippen LogP contribution in [-0.4, -0.2) is 11.0 Å². The molecule has 2 rings (SSSR count). The van der Waals surface area contributed by atoms with E-state index in [0.717, 1.165) is 11.3 Å². The lowest BCUT2D eigenvalue weighted by molar-refractivity contribution is 0.900. The molecule has 2 nitrogen and oxygen atoms in total. The molecule has 0 saturated heterocycles. The smallest absolute Gasteiger partial charge is 0.0342 e. The van der Waals surface area contributed by atoms with Gasteiger partial charge in [-0.3, -0.25) is 4.98 Å². The number of benzene rings is 1. The number of hydrogen-bond acceptors (Lipinski definition) is 2. The van der Waals surface area contributed by atoms with Gasteiger partial charge in [0.25, 0.3) is 0 Å². The highest BCUT2D eigenvalue weighted by Crippen LogP contribution is 2.13. The zero-order valence-corrected chi connectivity index (χ0v) is 10.8. The maximum absolute atomic E-state index is 4.00. The lowest BCUT2D eigenvalue weighted by Gasteiger charge is -2.09. The first kappa shape index (κ1) is 12.4. The fraction of sp³-hybridized carbons (Fsp3) is 0.188. The monoisotopic (exact) mass is 238 g/mol. The fourth-order valence-electron chi connectivity index (χ4n) is 1.69. The molecule has 0 radical (unpaired) electrons. The fourth-order valence-corrected chi connectivity index (χ4v) is 1.69.